The molecule has 0 aliphatic carbocycles. The molecule has 108 valence electrons. The zero-order chi connectivity index (χ0) is 14.3. The van der Waals surface area contributed by atoms with Gasteiger partial charge in [0.2, 0.25) is 0 Å². The summed E-state index contributed by atoms with van der Waals surface area (Å²) in [4.78, 5) is 0. The van der Waals surface area contributed by atoms with Gasteiger partial charge >= 0.3 is 0 Å². The summed E-state index contributed by atoms with van der Waals surface area (Å²) in [5.41, 5.74) is 1.31. The Hall–Kier alpha value is -1.18. The monoisotopic (exact) mass is 264 g/mol. The molecule has 2 nitrogen and oxygen atoms in total. The number of unbranched alkanes of at least 4 members (excludes halogenated alkanes) is 2. The van der Waals surface area contributed by atoms with Gasteiger partial charge in [-0.1, -0.05) is 46.5 Å². The first-order valence-corrected chi connectivity index (χ1v) is 7.35. The van der Waals surface area contributed by atoms with Crippen molar-refractivity contribution in [2.75, 3.05) is 14.2 Å². The van der Waals surface area contributed by atoms with E-state index in [0.29, 0.717) is 11.8 Å². The molecular weight excluding hydrogens is 236 g/mol. The van der Waals surface area contributed by atoms with E-state index in [-0.39, 0.29) is 0 Å². The summed E-state index contributed by atoms with van der Waals surface area (Å²) >= 11 is 0. The van der Waals surface area contributed by atoms with Crippen molar-refractivity contribution in [3.05, 3.63) is 23.8 Å². The van der Waals surface area contributed by atoms with Crippen LogP contribution in [-0.4, -0.2) is 14.2 Å². The van der Waals surface area contributed by atoms with Gasteiger partial charge in [-0.15, -0.1) is 0 Å². The van der Waals surface area contributed by atoms with Crippen molar-refractivity contribution in [2.24, 2.45) is 5.92 Å². The lowest BCUT2D eigenvalue weighted by molar-refractivity contribution is 0.388. The molecule has 0 saturated heterocycles. The van der Waals surface area contributed by atoms with E-state index < -0.39 is 0 Å². The van der Waals surface area contributed by atoms with Gasteiger partial charge < -0.3 is 9.47 Å². The second-order valence-corrected chi connectivity index (χ2v) is 5.41. The van der Waals surface area contributed by atoms with Crippen molar-refractivity contribution in [1.82, 2.24) is 0 Å². The van der Waals surface area contributed by atoms with Crippen molar-refractivity contribution >= 4 is 0 Å². The number of rotatable bonds is 8. The number of ether oxygens (including phenoxy) is 2. The van der Waals surface area contributed by atoms with E-state index in [1.165, 1.54) is 31.2 Å². The minimum atomic E-state index is 0.529. The van der Waals surface area contributed by atoms with Gasteiger partial charge in [-0.2, -0.15) is 0 Å². The summed E-state index contributed by atoms with van der Waals surface area (Å²) < 4.78 is 10.7. The molecule has 0 aromatic heterocycles. The molecule has 0 aliphatic heterocycles. The minimum absolute atomic E-state index is 0.529. The van der Waals surface area contributed by atoms with E-state index in [1.807, 2.05) is 6.07 Å². The highest BCUT2D eigenvalue weighted by molar-refractivity contribution is 5.40. The molecule has 0 N–H and O–H groups in total. The molecule has 0 bridgehead atoms. The van der Waals surface area contributed by atoms with E-state index >= 15 is 0 Å². The predicted molar refractivity (Wildman–Crippen MR) is 81.3 cm³/mol. The number of methoxy groups -OCH3 is 2. The Kier molecular flexibility index (Phi) is 6.75. The third-order valence-electron chi connectivity index (χ3n) is 4.02. The summed E-state index contributed by atoms with van der Waals surface area (Å²) in [6.45, 7) is 6.89. The molecule has 0 heterocycles. The number of hydrogen-bond acceptors (Lipinski definition) is 2. The summed E-state index contributed by atoms with van der Waals surface area (Å²) in [6, 6.07) is 6.19. The highest BCUT2D eigenvalue weighted by Crippen LogP contribution is 2.33. The first-order valence-electron chi connectivity index (χ1n) is 7.35. The zero-order valence-electron chi connectivity index (χ0n) is 13.0. The zero-order valence-corrected chi connectivity index (χ0v) is 13.0. The molecular formula is C17H28O2. The highest BCUT2D eigenvalue weighted by atomic mass is 16.5. The van der Waals surface area contributed by atoms with Gasteiger partial charge in [0.15, 0.2) is 0 Å². The van der Waals surface area contributed by atoms with Gasteiger partial charge in [0.25, 0.3) is 0 Å². The Bertz CT molecular complexity index is 351. The van der Waals surface area contributed by atoms with Gasteiger partial charge in [-0.25, -0.2) is 0 Å². The molecule has 1 aromatic carbocycles. The van der Waals surface area contributed by atoms with Crippen molar-refractivity contribution < 1.29 is 9.47 Å². The smallest absolute Gasteiger partial charge is 0.122 e. The van der Waals surface area contributed by atoms with Crippen LogP contribution in [0.2, 0.25) is 0 Å². The van der Waals surface area contributed by atoms with Crippen LogP contribution < -0.4 is 9.47 Å². The van der Waals surface area contributed by atoms with E-state index in [4.69, 9.17) is 9.47 Å². The van der Waals surface area contributed by atoms with Crippen LogP contribution in [0.25, 0.3) is 0 Å². The Morgan fingerprint density at radius 3 is 2.00 bits per heavy atom. The molecule has 0 aliphatic rings. The molecule has 0 fully saturated rings. The third-order valence-corrected chi connectivity index (χ3v) is 4.02. The van der Waals surface area contributed by atoms with Crippen LogP contribution in [-0.2, 0) is 0 Å². The summed E-state index contributed by atoms with van der Waals surface area (Å²) in [5.74, 6) is 2.97. The fraction of sp³-hybridized carbons (Fsp3) is 0.647. The summed E-state index contributed by atoms with van der Waals surface area (Å²) in [5, 5.41) is 0. The molecule has 2 atom stereocenters. The van der Waals surface area contributed by atoms with E-state index in [2.05, 4.69) is 32.9 Å². The first kappa shape index (κ1) is 15.9. The molecule has 19 heavy (non-hydrogen) atoms. The lowest BCUT2D eigenvalue weighted by atomic mass is 9.85. The Morgan fingerprint density at radius 2 is 1.53 bits per heavy atom. The van der Waals surface area contributed by atoms with Gasteiger partial charge in [-0.3, -0.25) is 0 Å². The number of benzene rings is 1. The van der Waals surface area contributed by atoms with Gasteiger partial charge in [0, 0.05) is 6.07 Å². The van der Waals surface area contributed by atoms with Crippen molar-refractivity contribution in [3.8, 4) is 11.5 Å². The molecule has 0 spiro atoms. The molecule has 0 amide bonds. The van der Waals surface area contributed by atoms with Crippen LogP contribution in [0, 0.1) is 5.92 Å². The predicted octanol–water partition coefficient (Wildman–Crippen LogP) is 5.02. The summed E-state index contributed by atoms with van der Waals surface area (Å²) in [6.07, 6.45) is 5.23. The van der Waals surface area contributed by atoms with Gasteiger partial charge in [0.05, 0.1) is 14.2 Å². The Labute approximate surface area is 118 Å². The molecule has 0 radical (unpaired) electrons. The molecule has 0 saturated carbocycles. The Morgan fingerprint density at radius 1 is 0.947 bits per heavy atom. The van der Waals surface area contributed by atoms with Crippen LogP contribution in [0.15, 0.2) is 18.2 Å². The second kappa shape index (κ2) is 8.08. The van der Waals surface area contributed by atoms with Crippen molar-refractivity contribution in [3.63, 3.8) is 0 Å². The van der Waals surface area contributed by atoms with E-state index in [0.717, 1.165) is 11.5 Å². The topological polar surface area (TPSA) is 18.5 Å². The SMILES string of the molecule is CCCCC[C@@H](C)[C@H](C)c1cc(OC)cc(OC)c1. The molecule has 1 aromatic rings. The number of hydrogen-bond donors (Lipinski definition) is 0. The molecule has 0 unspecified atom stereocenters. The second-order valence-electron chi connectivity index (χ2n) is 5.41. The van der Waals surface area contributed by atoms with Crippen molar-refractivity contribution in [1.29, 1.82) is 0 Å². The normalized spacial score (nSPS) is 13.9. The minimum Gasteiger partial charge on any atom is -0.497 e. The quantitative estimate of drug-likeness (QED) is 0.613. The lowest BCUT2D eigenvalue weighted by Gasteiger charge is -2.21. The van der Waals surface area contributed by atoms with Crippen LogP contribution >= 0.6 is 0 Å². The first-order chi connectivity index (χ1) is 9.12. The maximum absolute atomic E-state index is 5.35. The van der Waals surface area contributed by atoms with Crippen LogP contribution in [0.4, 0.5) is 0 Å². The van der Waals surface area contributed by atoms with E-state index in [1.54, 1.807) is 14.2 Å². The fourth-order valence-corrected chi connectivity index (χ4v) is 2.39. The molecule has 2 heteroatoms. The average molecular weight is 264 g/mol. The maximum Gasteiger partial charge on any atom is 0.122 e. The van der Waals surface area contributed by atoms with Crippen molar-refractivity contribution in [2.45, 2.75) is 52.4 Å². The van der Waals surface area contributed by atoms with Gasteiger partial charge in [0.1, 0.15) is 11.5 Å². The standard InChI is InChI=1S/C17H28O2/c1-6-7-8-9-13(2)14(3)15-10-16(18-4)12-17(11-15)19-5/h10-14H,6-9H2,1-5H3/t13-,14+/m1/s1. The van der Waals surface area contributed by atoms with Crippen LogP contribution in [0.5, 0.6) is 11.5 Å². The van der Waals surface area contributed by atoms with Crippen LogP contribution in [0.3, 0.4) is 0 Å². The lowest BCUT2D eigenvalue weighted by Crippen LogP contribution is -2.07. The Balaban J connectivity index is 2.76. The summed E-state index contributed by atoms with van der Waals surface area (Å²) in [7, 11) is 3.40. The highest BCUT2D eigenvalue weighted by Gasteiger charge is 2.16. The van der Waals surface area contributed by atoms with E-state index in [9.17, 15) is 0 Å². The largest absolute Gasteiger partial charge is 0.497 e. The maximum atomic E-state index is 5.35. The van der Waals surface area contributed by atoms with Gasteiger partial charge in [-0.05, 0) is 29.5 Å². The molecule has 1 rings (SSSR count). The fourth-order valence-electron chi connectivity index (χ4n) is 2.39. The third kappa shape index (κ3) is 4.77. The average Bonchev–Trinajstić information content (AvgIpc) is 2.45. The van der Waals surface area contributed by atoms with Crippen LogP contribution in [0.1, 0.15) is 57.9 Å².